The fourth-order valence-corrected chi connectivity index (χ4v) is 5.89. The first-order valence-electron chi connectivity index (χ1n) is 9.20. The average Bonchev–Trinajstić information content (AvgIpc) is 2.64. The SMILES string of the molecule is COc1ccc2c(c1O)C13CCN(C)C(C2)C1CCC(OC)(OC)C3. The average molecular weight is 347 g/mol. The van der Waals surface area contributed by atoms with E-state index in [1.807, 2.05) is 6.07 Å². The van der Waals surface area contributed by atoms with Crippen LogP contribution in [-0.2, 0) is 21.3 Å². The number of rotatable bonds is 3. The molecule has 1 aromatic rings. The molecule has 2 fully saturated rings. The van der Waals surface area contributed by atoms with E-state index in [4.69, 9.17) is 14.2 Å². The second-order valence-electron chi connectivity index (χ2n) is 7.95. The van der Waals surface area contributed by atoms with E-state index in [1.54, 1.807) is 21.3 Å². The number of hydrogen-bond donors (Lipinski definition) is 1. The van der Waals surface area contributed by atoms with Gasteiger partial charge in [-0.3, -0.25) is 0 Å². The number of ether oxygens (including phenoxy) is 3. The maximum Gasteiger partial charge on any atom is 0.168 e. The lowest BCUT2D eigenvalue weighted by atomic mass is 9.51. The Morgan fingerprint density at radius 3 is 2.60 bits per heavy atom. The van der Waals surface area contributed by atoms with E-state index >= 15 is 0 Å². The molecule has 5 nitrogen and oxygen atoms in total. The summed E-state index contributed by atoms with van der Waals surface area (Å²) in [6, 6.07) is 4.54. The second kappa shape index (κ2) is 5.86. The Morgan fingerprint density at radius 2 is 1.92 bits per heavy atom. The van der Waals surface area contributed by atoms with Crippen molar-refractivity contribution < 1.29 is 19.3 Å². The third-order valence-corrected chi connectivity index (χ3v) is 7.19. The molecule has 0 amide bonds. The molecule has 1 saturated carbocycles. The van der Waals surface area contributed by atoms with Crippen molar-refractivity contribution in [1.82, 2.24) is 4.90 Å². The van der Waals surface area contributed by atoms with E-state index in [-0.39, 0.29) is 5.41 Å². The molecule has 138 valence electrons. The maximum atomic E-state index is 11.0. The molecule has 3 unspecified atom stereocenters. The monoisotopic (exact) mass is 347 g/mol. The van der Waals surface area contributed by atoms with Gasteiger partial charge in [-0.2, -0.15) is 0 Å². The van der Waals surface area contributed by atoms with Crippen molar-refractivity contribution in [2.24, 2.45) is 5.92 Å². The van der Waals surface area contributed by atoms with E-state index in [1.165, 1.54) is 5.56 Å². The fourth-order valence-electron chi connectivity index (χ4n) is 5.89. The third-order valence-electron chi connectivity index (χ3n) is 7.19. The molecule has 2 aliphatic carbocycles. The Morgan fingerprint density at radius 1 is 1.16 bits per heavy atom. The molecule has 0 spiro atoms. The first kappa shape index (κ1) is 17.1. The van der Waals surface area contributed by atoms with E-state index < -0.39 is 5.79 Å². The normalized spacial score (nSPS) is 33.4. The van der Waals surface area contributed by atoms with Crippen LogP contribution >= 0.6 is 0 Å². The summed E-state index contributed by atoms with van der Waals surface area (Å²) in [5.74, 6) is 0.822. The third kappa shape index (κ3) is 2.25. The zero-order valence-corrected chi connectivity index (χ0v) is 15.7. The van der Waals surface area contributed by atoms with E-state index in [0.29, 0.717) is 23.5 Å². The van der Waals surface area contributed by atoms with Gasteiger partial charge in [-0.05, 0) is 50.4 Å². The molecule has 1 aliphatic heterocycles. The molecule has 3 aliphatic rings. The van der Waals surface area contributed by atoms with Crippen molar-refractivity contribution in [3.63, 3.8) is 0 Å². The highest BCUT2D eigenvalue weighted by atomic mass is 16.7. The van der Waals surface area contributed by atoms with Gasteiger partial charge in [-0.1, -0.05) is 6.07 Å². The molecule has 1 heterocycles. The number of fused-ring (bicyclic) bond motifs is 1. The van der Waals surface area contributed by atoms with Crippen LogP contribution < -0.4 is 4.74 Å². The van der Waals surface area contributed by atoms with Crippen LogP contribution in [0.25, 0.3) is 0 Å². The number of phenolic OH excluding ortho intramolecular Hbond substituents is 1. The summed E-state index contributed by atoms with van der Waals surface area (Å²) in [4.78, 5) is 2.50. The van der Waals surface area contributed by atoms with Crippen LogP contribution in [0.2, 0.25) is 0 Å². The molecule has 1 aromatic carbocycles. The van der Waals surface area contributed by atoms with Crippen LogP contribution in [0, 0.1) is 5.92 Å². The number of piperidine rings is 1. The van der Waals surface area contributed by atoms with Gasteiger partial charge in [0.05, 0.1) is 7.11 Å². The summed E-state index contributed by atoms with van der Waals surface area (Å²) in [7, 11) is 7.33. The number of nitrogens with zero attached hydrogens (tertiary/aromatic N) is 1. The summed E-state index contributed by atoms with van der Waals surface area (Å²) < 4.78 is 17.1. The molecule has 5 heteroatoms. The highest BCUT2D eigenvalue weighted by Crippen LogP contribution is 2.61. The Bertz CT molecular complexity index is 672. The molecule has 25 heavy (non-hydrogen) atoms. The van der Waals surface area contributed by atoms with Crippen molar-refractivity contribution in [3.8, 4) is 11.5 Å². The summed E-state index contributed by atoms with van der Waals surface area (Å²) in [6.07, 6.45) is 4.73. The van der Waals surface area contributed by atoms with E-state index in [2.05, 4.69) is 18.0 Å². The minimum Gasteiger partial charge on any atom is -0.504 e. The van der Waals surface area contributed by atoms with E-state index in [9.17, 15) is 5.11 Å². The molecule has 1 saturated heterocycles. The summed E-state index contributed by atoms with van der Waals surface area (Å²) in [5, 5.41) is 11.0. The summed E-state index contributed by atoms with van der Waals surface area (Å²) >= 11 is 0. The maximum absolute atomic E-state index is 11.0. The van der Waals surface area contributed by atoms with Crippen molar-refractivity contribution in [1.29, 1.82) is 0 Å². The smallest absolute Gasteiger partial charge is 0.168 e. The molecule has 3 atom stereocenters. The van der Waals surface area contributed by atoms with Crippen molar-refractivity contribution >= 4 is 0 Å². The number of benzene rings is 1. The minimum absolute atomic E-state index is 0.117. The Kier molecular flexibility index (Phi) is 4.02. The van der Waals surface area contributed by atoms with Gasteiger partial charge in [0.15, 0.2) is 17.3 Å². The van der Waals surface area contributed by atoms with Gasteiger partial charge in [0.2, 0.25) is 0 Å². The molecular formula is C20H29NO4. The lowest BCUT2D eigenvalue weighted by Gasteiger charge is -2.61. The van der Waals surface area contributed by atoms with Gasteiger partial charge >= 0.3 is 0 Å². The molecule has 0 radical (unpaired) electrons. The minimum atomic E-state index is -0.568. The van der Waals surface area contributed by atoms with Gasteiger partial charge < -0.3 is 24.2 Å². The summed E-state index contributed by atoms with van der Waals surface area (Å²) in [6.45, 7) is 1.03. The lowest BCUT2D eigenvalue weighted by Crippen LogP contribution is -2.63. The topological polar surface area (TPSA) is 51.2 Å². The lowest BCUT2D eigenvalue weighted by molar-refractivity contribution is -0.250. The standard InChI is InChI=1S/C20H29NO4/c1-21-10-9-19-12-20(24-3,25-4)8-7-14(19)15(21)11-13-5-6-16(23-2)18(22)17(13)19/h5-6,14-15,22H,7-12H2,1-4H3. The highest BCUT2D eigenvalue weighted by Gasteiger charge is 2.60. The van der Waals surface area contributed by atoms with Crippen molar-refractivity contribution in [2.45, 2.75) is 49.3 Å². The highest BCUT2D eigenvalue weighted by molar-refractivity contribution is 5.56. The zero-order chi connectivity index (χ0) is 17.8. The van der Waals surface area contributed by atoms with Gasteiger partial charge in [-0.25, -0.2) is 0 Å². The Balaban J connectivity index is 1.92. The van der Waals surface area contributed by atoms with Gasteiger partial charge in [0.1, 0.15) is 0 Å². The van der Waals surface area contributed by atoms with Crippen LogP contribution in [-0.4, -0.2) is 56.8 Å². The van der Waals surface area contributed by atoms with Gasteiger partial charge in [0.25, 0.3) is 0 Å². The van der Waals surface area contributed by atoms with Crippen LogP contribution in [0.1, 0.15) is 36.8 Å². The van der Waals surface area contributed by atoms with Crippen LogP contribution in [0.3, 0.4) is 0 Å². The van der Waals surface area contributed by atoms with E-state index in [0.717, 1.165) is 44.2 Å². The number of methoxy groups -OCH3 is 3. The van der Waals surface area contributed by atoms with Crippen LogP contribution in [0.4, 0.5) is 0 Å². The molecular weight excluding hydrogens is 318 g/mol. The first-order chi connectivity index (χ1) is 12.0. The number of aromatic hydroxyl groups is 1. The fraction of sp³-hybridized carbons (Fsp3) is 0.700. The predicted molar refractivity (Wildman–Crippen MR) is 95.2 cm³/mol. The molecule has 1 N–H and O–H groups in total. The van der Waals surface area contributed by atoms with Crippen LogP contribution in [0.15, 0.2) is 12.1 Å². The van der Waals surface area contributed by atoms with Crippen molar-refractivity contribution in [3.05, 3.63) is 23.3 Å². The Hall–Kier alpha value is -1.30. The molecule has 0 aromatic heterocycles. The Labute approximate surface area is 149 Å². The zero-order valence-electron chi connectivity index (χ0n) is 15.7. The first-order valence-corrected chi connectivity index (χ1v) is 9.20. The van der Waals surface area contributed by atoms with Crippen molar-refractivity contribution in [2.75, 3.05) is 34.9 Å². The number of likely N-dealkylation sites (tertiary alicyclic amines) is 1. The molecule has 4 rings (SSSR count). The quantitative estimate of drug-likeness (QED) is 0.852. The predicted octanol–water partition coefficient (Wildman–Crippen LogP) is 2.69. The van der Waals surface area contributed by atoms with Gasteiger partial charge in [0, 0.05) is 44.1 Å². The summed E-state index contributed by atoms with van der Waals surface area (Å²) in [5.41, 5.74) is 2.21. The number of phenols is 1. The van der Waals surface area contributed by atoms with Crippen LogP contribution in [0.5, 0.6) is 11.5 Å². The number of hydrogen-bond acceptors (Lipinski definition) is 5. The second-order valence-corrected chi connectivity index (χ2v) is 7.95. The van der Waals surface area contributed by atoms with Gasteiger partial charge in [-0.15, -0.1) is 0 Å². The number of likely N-dealkylation sites (N-methyl/N-ethyl adjacent to an activating group) is 1. The largest absolute Gasteiger partial charge is 0.504 e. The molecule has 2 bridgehead atoms.